The van der Waals surface area contributed by atoms with Crippen LogP contribution >= 0.6 is 0 Å². The van der Waals surface area contributed by atoms with Crippen LogP contribution < -0.4 is 10.3 Å². The van der Waals surface area contributed by atoms with E-state index in [1.54, 1.807) is 29.3 Å². The third kappa shape index (κ3) is 3.87. The second-order valence-corrected chi connectivity index (χ2v) is 6.82. The Labute approximate surface area is 166 Å². The van der Waals surface area contributed by atoms with Crippen molar-refractivity contribution in [1.82, 2.24) is 19.9 Å². The Balaban J connectivity index is 1.59. The van der Waals surface area contributed by atoms with Gasteiger partial charge in [0, 0.05) is 36.8 Å². The zero-order valence-corrected chi connectivity index (χ0v) is 15.8. The van der Waals surface area contributed by atoms with Crippen molar-refractivity contribution in [2.45, 2.75) is 12.3 Å². The van der Waals surface area contributed by atoms with E-state index in [0.717, 1.165) is 0 Å². The number of methoxy groups -OCH3 is 1. The summed E-state index contributed by atoms with van der Waals surface area (Å²) >= 11 is 0. The molecule has 3 aromatic rings. The summed E-state index contributed by atoms with van der Waals surface area (Å²) in [4.78, 5) is 38.1. The number of nitrogens with zero attached hydrogens (tertiary/aromatic N) is 3. The number of nitrogens with one attached hydrogen (secondary N) is 1. The van der Waals surface area contributed by atoms with Crippen LogP contribution in [0, 0.1) is 5.82 Å². The van der Waals surface area contributed by atoms with Crippen molar-refractivity contribution in [3.05, 3.63) is 76.2 Å². The molecule has 0 spiro atoms. The van der Waals surface area contributed by atoms with Gasteiger partial charge in [-0.3, -0.25) is 9.59 Å². The second kappa shape index (κ2) is 7.83. The number of aromatic amines is 1. The molecule has 4 rings (SSSR count). The molecule has 2 aromatic heterocycles. The van der Waals surface area contributed by atoms with Gasteiger partial charge in [0.25, 0.3) is 11.5 Å². The molecule has 1 aliphatic heterocycles. The third-order valence-corrected chi connectivity index (χ3v) is 4.93. The highest BCUT2D eigenvalue weighted by atomic mass is 19.1. The number of aromatic nitrogens is 3. The lowest BCUT2D eigenvalue weighted by molar-refractivity contribution is 0.0790. The molecule has 0 bridgehead atoms. The van der Waals surface area contributed by atoms with Gasteiger partial charge in [-0.15, -0.1) is 0 Å². The number of H-pyrrole nitrogens is 1. The predicted molar refractivity (Wildman–Crippen MR) is 104 cm³/mol. The van der Waals surface area contributed by atoms with Gasteiger partial charge in [0.2, 0.25) is 5.88 Å². The first-order valence-electron chi connectivity index (χ1n) is 9.20. The van der Waals surface area contributed by atoms with Crippen LogP contribution in [0.2, 0.25) is 0 Å². The first kappa shape index (κ1) is 18.8. The fraction of sp³-hybridized carbons (Fsp3) is 0.238. The first-order chi connectivity index (χ1) is 14.0. The molecule has 1 fully saturated rings. The Morgan fingerprint density at radius 1 is 1.28 bits per heavy atom. The van der Waals surface area contributed by atoms with Gasteiger partial charge in [-0.1, -0.05) is 6.07 Å². The van der Waals surface area contributed by atoms with Gasteiger partial charge in [-0.05, 0) is 36.8 Å². The van der Waals surface area contributed by atoms with Crippen molar-refractivity contribution < 1.29 is 13.9 Å². The highest BCUT2D eigenvalue weighted by Crippen LogP contribution is 2.29. The molecule has 1 unspecified atom stereocenters. The number of hydrogen-bond acceptors (Lipinski definition) is 5. The van der Waals surface area contributed by atoms with E-state index in [9.17, 15) is 14.0 Å². The minimum absolute atomic E-state index is 0.122. The predicted octanol–water partition coefficient (Wildman–Crippen LogP) is 2.61. The topological polar surface area (TPSA) is 88.2 Å². The Kier molecular flexibility index (Phi) is 5.07. The molecule has 1 amide bonds. The van der Waals surface area contributed by atoms with Gasteiger partial charge in [0.1, 0.15) is 11.6 Å². The Hall–Kier alpha value is -3.55. The number of carbonyl (C=O) groups excluding carboxylic acids is 1. The smallest absolute Gasteiger partial charge is 0.253 e. The summed E-state index contributed by atoms with van der Waals surface area (Å²) in [6.45, 7) is 0.899. The minimum atomic E-state index is -0.448. The number of ether oxygens (including phenoxy) is 1. The summed E-state index contributed by atoms with van der Waals surface area (Å²) < 4.78 is 18.7. The molecule has 0 saturated carbocycles. The number of benzene rings is 1. The van der Waals surface area contributed by atoms with Crippen LogP contribution in [-0.2, 0) is 0 Å². The summed E-state index contributed by atoms with van der Waals surface area (Å²) in [5.74, 6) is 0.0804. The molecule has 7 nitrogen and oxygen atoms in total. The quantitative estimate of drug-likeness (QED) is 0.735. The van der Waals surface area contributed by atoms with E-state index >= 15 is 0 Å². The summed E-state index contributed by atoms with van der Waals surface area (Å²) in [6.07, 6.45) is 2.25. The largest absolute Gasteiger partial charge is 0.481 e. The Bertz CT molecular complexity index is 1110. The van der Waals surface area contributed by atoms with Crippen LogP contribution in [0.25, 0.3) is 11.3 Å². The van der Waals surface area contributed by atoms with Crippen LogP contribution in [0.3, 0.4) is 0 Å². The number of hydrogen-bond donors (Lipinski definition) is 1. The molecule has 0 radical (unpaired) electrons. The molecule has 1 N–H and O–H groups in total. The van der Waals surface area contributed by atoms with Gasteiger partial charge >= 0.3 is 0 Å². The van der Waals surface area contributed by atoms with Gasteiger partial charge < -0.3 is 14.6 Å². The maximum atomic E-state index is 13.4. The molecule has 0 aliphatic carbocycles. The van der Waals surface area contributed by atoms with Gasteiger partial charge in [-0.2, -0.15) is 0 Å². The summed E-state index contributed by atoms with van der Waals surface area (Å²) in [7, 11) is 1.51. The van der Waals surface area contributed by atoms with Crippen molar-refractivity contribution in [2.75, 3.05) is 20.2 Å². The summed E-state index contributed by atoms with van der Waals surface area (Å²) in [5.41, 5.74) is 1.10. The molecule has 3 heterocycles. The monoisotopic (exact) mass is 394 g/mol. The molecule has 148 valence electrons. The van der Waals surface area contributed by atoms with Crippen LogP contribution in [0.5, 0.6) is 5.88 Å². The van der Waals surface area contributed by atoms with Crippen LogP contribution in [0.15, 0.2) is 53.5 Å². The number of halogens is 1. The number of rotatable bonds is 4. The van der Waals surface area contributed by atoms with E-state index in [0.29, 0.717) is 48.0 Å². The number of likely N-dealkylation sites (tertiary alicyclic amines) is 1. The second-order valence-electron chi connectivity index (χ2n) is 6.82. The van der Waals surface area contributed by atoms with Crippen LogP contribution in [0.1, 0.15) is 28.5 Å². The van der Waals surface area contributed by atoms with Gasteiger partial charge in [0.05, 0.1) is 18.4 Å². The van der Waals surface area contributed by atoms with E-state index < -0.39 is 5.82 Å². The highest BCUT2D eigenvalue weighted by molar-refractivity contribution is 5.94. The van der Waals surface area contributed by atoms with Gasteiger partial charge in [0.15, 0.2) is 0 Å². The first-order valence-corrected chi connectivity index (χ1v) is 9.20. The normalized spacial score (nSPS) is 16.1. The molecule has 29 heavy (non-hydrogen) atoms. The molecular formula is C21H19FN4O3. The number of pyridine rings is 1. The standard InChI is InChI=1S/C21H19FN4O3/c1-29-20-16(6-3-8-23-20)17-11-18(27)25-19(24-17)14-7-9-26(12-14)21(28)13-4-2-5-15(22)10-13/h2-6,8,10-11,14H,7,9,12H2,1H3,(H,24,25,27). The zero-order valence-electron chi connectivity index (χ0n) is 15.8. The lowest BCUT2D eigenvalue weighted by Gasteiger charge is -2.17. The van der Waals surface area contributed by atoms with Crippen LogP contribution in [0.4, 0.5) is 4.39 Å². The average molecular weight is 394 g/mol. The molecule has 1 saturated heterocycles. The van der Waals surface area contributed by atoms with E-state index in [-0.39, 0.29) is 17.4 Å². The maximum Gasteiger partial charge on any atom is 0.253 e. The number of amides is 1. The highest BCUT2D eigenvalue weighted by Gasteiger charge is 2.30. The van der Waals surface area contributed by atoms with E-state index in [4.69, 9.17) is 4.74 Å². The fourth-order valence-electron chi connectivity index (χ4n) is 3.53. The lowest BCUT2D eigenvalue weighted by Crippen LogP contribution is -2.29. The molecule has 1 aromatic carbocycles. The van der Waals surface area contributed by atoms with E-state index in [1.807, 2.05) is 0 Å². The zero-order chi connectivity index (χ0) is 20.4. The van der Waals surface area contributed by atoms with Crippen molar-refractivity contribution in [3.63, 3.8) is 0 Å². The molecule has 1 aliphatic rings. The lowest BCUT2D eigenvalue weighted by atomic mass is 10.1. The molecule has 1 atom stereocenters. The molecular weight excluding hydrogens is 375 g/mol. The van der Waals surface area contributed by atoms with Crippen molar-refractivity contribution >= 4 is 5.91 Å². The van der Waals surface area contributed by atoms with Crippen molar-refractivity contribution in [2.24, 2.45) is 0 Å². The summed E-state index contributed by atoms with van der Waals surface area (Å²) in [6, 6.07) is 10.6. The third-order valence-electron chi connectivity index (χ3n) is 4.93. The van der Waals surface area contributed by atoms with Crippen molar-refractivity contribution in [1.29, 1.82) is 0 Å². The van der Waals surface area contributed by atoms with Crippen LogP contribution in [-0.4, -0.2) is 46.0 Å². The average Bonchev–Trinajstić information content (AvgIpc) is 3.23. The maximum absolute atomic E-state index is 13.4. The van der Waals surface area contributed by atoms with Crippen molar-refractivity contribution in [3.8, 4) is 17.1 Å². The van der Waals surface area contributed by atoms with E-state index in [2.05, 4.69) is 15.0 Å². The summed E-state index contributed by atoms with van der Waals surface area (Å²) in [5, 5.41) is 0. The number of carbonyl (C=O) groups is 1. The van der Waals surface area contributed by atoms with Gasteiger partial charge in [-0.25, -0.2) is 14.4 Å². The minimum Gasteiger partial charge on any atom is -0.481 e. The van der Waals surface area contributed by atoms with E-state index in [1.165, 1.54) is 31.4 Å². The molecule has 8 heteroatoms. The fourth-order valence-corrected chi connectivity index (χ4v) is 3.53. The SMILES string of the molecule is COc1ncccc1-c1cc(=O)[nH]c(C2CCN(C(=O)c3cccc(F)c3)C2)n1. The Morgan fingerprint density at radius 3 is 2.93 bits per heavy atom. The Morgan fingerprint density at radius 2 is 2.14 bits per heavy atom.